The maximum atomic E-state index is 6.55. The minimum atomic E-state index is 0.189. The second-order valence-corrected chi connectivity index (χ2v) is 7.28. The van der Waals surface area contributed by atoms with Crippen molar-refractivity contribution in [2.45, 2.75) is 83.0 Å². The van der Waals surface area contributed by atoms with E-state index >= 15 is 0 Å². The van der Waals surface area contributed by atoms with Crippen LogP contribution in [0.4, 0.5) is 0 Å². The van der Waals surface area contributed by atoms with Gasteiger partial charge in [0, 0.05) is 12.6 Å². The van der Waals surface area contributed by atoms with E-state index in [0.29, 0.717) is 17.6 Å². The third-order valence-corrected chi connectivity index (χ3v) is 5.31. The van der Waals surface area contributed by atoms with Crippen LogP contribution in [0.25, 0.3) is 0 Å². The molecule has 2 saturated carbocycles. The molecule has 0 aromatic rings. The first-order valence-corrected chi connectivity index (χ1v) is 7.50. The number of ether oxygens (including phenoxy) is 1. The van der Waals surface area contributed by atoms with Crippen molar-refractivity contribution in [3.8, 4) is 0 Å². The van der Waals surface area contributed by atoms with Crippen molar-refractivity contribution in [1.82, 2.24) is 5.32 Å². The van der Waals surface area contributed by atoms with Crippen LogP contribution in [0.15, 0.2) is 0 Å². The molecule has 2 heteroatoms. The summed E-state index contributed by atoms with van der Waals surface area (Å²) in [5.74, 6) is 0. The van der Waals surface area contributed by atoms with Gasteiger partial charge in [-0.25, -0.2) is 0 Å². The lowest BCUT2D eigenvalue weighted by atomic mass is 9.70. The molecule has 2 aliphatic carbocycles. The summed E-state index contributed by atoms with van der Waals surface area (Å²) in [7, 11) is 0. The zero-order valence-corrected chi connectivity index (χ0v) is 11.4. The number of rotatable bonds is 0. The van der Waals surface area contributed by atoms with Gasteiger partial charge in [-0.2, -0.15) is 0 Å². The standard InChI is InChI=1S/C15H27NO/c1-14(2)7-9-15(10-8-14)11-16-12-5-3-4-6-13(12)17-15/h12-13,16H,3-11H2,1-2H3. The number of nitrogens with one attached hydrogen (secondary N) is 1. The lowest BCUT2D eigenvalue weighted by Gasteiger charge is -2.51. The summed E-state index contributed by atoms with van der Waals surface area (Å²) >= 11 is 0. The molecule has 1 N–H and O–H groups in total. The van der Waals surface area contributed by atoms with E-state index in [4.69, 9.17) is 4.74 Å². The van der Waals surface area contributed by atoms with Crippen LogP contribution in [0.5, 0.6) is 0 Å². The van der Waals surface area contributed by atoms with E-state index < -0.39 is 0 Å². The molecule has 3 rings (SSSR count). The Morgan fingerprint density at radius 1 is 1.00 bits per heavy atom. The Bertz CT molecular complexity index is 277. The molecule has 2 nitrogen and oxygen atoms in total. The molecule has 2 atom stereocenters. The van der Waals surface area contributed by atoms with Crippen molar-refractivity contribution in [3.63, 3.8) is 0 Å². The highest BCUT2D eigenvalue weighted by molar-refractivity contribution is 4.99. The molecule has 0 radical (unpaired) electrons. The quantitative estimate of drug-likeness (QED) is 0.698. The molecule has 2 unspecified atom stereocenters. The van der Waals surface area contributed by atoms with Crippen LogP contribution in [-0.2, 0) is 4.74 Å². The molecule has 0 amide bonds. The van der Waals surface area contributed by atoms with Crippen molar-refractivity contribution < 1.29 is 4.74 Å². The summed E-state index contributed by atoms with van der Waals surface area (Å²) < 4.78 is 6.55. The second kappa shape index (κ2) is 4.24. The van der Waals surface area contributed by atoms with Gasteiger partial charge in [-0.3, -0.25) is 0 Å². The number of morpholine rings is 1. The zero-order chi connectivity index (χ0) is 11.9. The lowest BCUT2D eigenvalue weighted by Crippen LogP contribution is -2.61. The first kappa shape index (κ1) is 12.0. The topological polar surface area (TPSA) is 21.3 Å². The van der Waals surface area contributed by atoms with E-state index in [1.54, 1.807) is 0 Å². The molecule has 98 valence electrons. The van der Waals surface area contributed by atoms with Gasteiger partial charge >= 0.3 is 0 Å². The first-order chi connectivity index (χ1) is 8.09. The van der Waals surface area contributed by atoms with Crippen LogP contribution >= 0.6 is 0 Å². The van der Waals surface area contributed by atoms with Gasteiger partial charge in [0.2, 0.25) is 0 Å². The summed E-state index contributed by atoms with van der Waals surface area (Å²) in [4.78, 5) is 0. The molecule has 3 fully saturated rings. The monoisotopic (exact) mass is 237 g/mol. The van der Waals surface area contributed by atoms with E-state index in [9.17, 15) is 0 Å². The Hall–Kier alpha value is -0.0800. The molecule has 1 spiro atoms. The highest BCUT2D eigenvalue weighted by Crippen LogP contribution is 2.44. The number of hydrogen-bond acceptors (Lipinski definition) is 2. The van der Waals surface area contributed by atoms with E-state index in [2.05, 4.69) is 19.2 Å². The van der Waals surface area contributed by atoms with Gasteiger partial charge in [-0.1, -0.05) is 26.7 Å². The molecule has 3 aliphatic rings. The number of fused-ring (bicyclic) bond motifs is 1. The third kappa shape index (κ3) is 2.39. The Morgan fingerprint density at radius 2 is 1.71 bits per heavy atom. The van der Waals surface area contributed by atoms with Gasteiger partial charge in [0.1, 0.15) is 0 Å². The molecule has 1 aliphatic heterocycles. The maximum Gasteiger partial charge on any atom is 0.0811 e. The van der Waals surface area contributed by atoms with E-state index in [0.717, 1.165) is 6.54 Å². The second-order valence-electron chi connectivity index (χ2n) is 7.28. The lowest BCUT2D eigenvalue weighted by molar-refractivity contribution is -0.169. The molecule has 0 aromatic carbocycles. The largest absolute Gasteiger partial charge is 0.369 e. The molecule has 1 saturated heterocycles. The Balaban J connectivity index is 1.65. The van der Waals surface area contributed by atoms with Crippen LogP contribution in [0.3, 0.4) is 0 Å². The van der Waals surface area contributed by atoms with Crippen LogP contribution in [-0.4, -0.2) is 24.3 Å². The zero-order valence-electron chi connectivity index (χ0n) is 11.4. The van der Waals surface area contributed by atoms with Crippen LogP contribution < -0.4 is 5.32 Å². The molecule has 0 aromatic heterocycles. The molecular formula is C15H27NO. The molecular weight excluding hydrogens is 210 g/mol. The first-order valence-electron chi connectivity index (χ1n) is 7.50. The average molecular weight is 237 g/mol. The summed E-state index contributed by atoms with van der Waals surface area (Å²) in [5, 5.41) is 3.78. The molecule has 17 heavy (non-hydrogen) atoms. The van der Waals surface area contributed by atoms with Crippen LogP contribution in [0, 0.1) is 5.41 Å². The average Bonchev–Trinajstić information content (AvgIpc) is 2.34. The van der Waals surface area contributed by atoms with Crippen molar-refractivity contribution in [3.05, 3.63) is 0 Å². The maximum absolute atomic E-state index is 6.55. The predicted octanol–water partition coefficient (Wildman–Crippen LogP) is 3.26. The van der Waals surface area contributed by atoms with Crippen molar-refractivity contribution in [2.24, 2.45) is 5.41 Å². The SMILES string of the molecule is CC1(C)CCC2(CC1)CNC1CCCCC1O2. The minimum Gasteiger partial charge on any atom is -0.369 e. The fourth-order valence-corrected chi connectivity index (χ4v) is 3.83. The highest BCUT2D eigenvalue weighted by Gasteiger charge is 2.45. The van der Waals surface area contributed by atoms with Gasteiger partial charge in [-0.05, 0) is 43.9 Å². The minimum absolute atomic E-state index is 0.189. The summed E-state index contributed by atoms with van der Waals surface area (Å²) in [6.45, 7) is 5.91. The van der Waals surface area contributed by atoms with Crippen molar-refractivity contribution >= 4 is 0 Å². The van der Waals surface area contributed by atoms with Crippen molar-refractivity contribution in [1.29, 1.82) is 0 Å². The van der Waals surface area contributed by atoms with Crippen molar-refractivity contribution in [2.75, 3.05) is 6.54 Å². The summed E-state index contributed by atoms with van der Waals surface area (Å²) in [5.41, 5.74) is 0.728. The van der Waals surface area contributed by atoms with E-state index in [1.165, 1.54) is 51.4 Å². The predicted molar refractivity (Wildman–Crippen MR) is 70.1 cm³/mol. The van der Waals surface area contributed by atoms with Gasteiger partial charge in [-0.15, -0.1) is 0 Å². The number of hydrogen-bond donors (Lipinski definition) is 1. The van der Waals surface area contributed by atoms with E-state index in [-0.39, 0.29) is 5.60 Å². The summed E-state index contributed by atoms with van der Waals surface area (Å²) in [6, 6.07) is 0.657. The normalized spacial score (nSPS) is 39.9. The van der Waals surface area contributed by atoms with E-state index in [1.807, 2.05) is 0 Å². The van der Waals surface area contributed by atoms with Gasteiger partial charge < -0.3 is 10.1 Å². The summed E-state index contributed by atoms with van der Waals surface area (Å²) in [6.07, 6.45) is 11.0. The fourth-order valence-electron chi connectivity index (χ4n) is 3.83. The van der Waals surface area contributed by atoms with Gasteiger partial charge in [0.05, 0.1) is 11.7 Å². The van der Waals surface area contributed by atoms with Gasteiger partial charge in [0.25, 0.3) is 0 Å². The van der Waals surface area contributed by atoms with Crippen LogP contribution in [0.1, 0.15) is 65.2 Å². The fraction of sp³-hybridized carbons (Fsp3) is 1.00. The Labute approximate surface area is 105 Å². The Morgan fingerprint density at radius 3 is 2.47 bits per heavy atom. The Kier molecular flexibility index (Phi) is 2.99. The smallest absolute Gasteiger partial charge is 0.0811 e. The molecule has 0 bridgehead atoms. The molecule has 1 heterocycles. The van der Waals surface area contributed by atoms with Gasteiger partial charge in [0.15, 0.2) is 0 Å². The van der Waals surface area contributed by atoms with Crippen LogP contribution in [0.2, 0.25) is 0 Å². The third-order valence-electron chi connectivity index (χ3n) is 5.31. The highest BCUT2D eigenvalue weighted by atomic mass is 16.5.